The van der Waals surface area contributed by atoms with Gasteiger partial charge in [-0.3, -0.25) is 0 Å². The van der Waals surface area contributed by atoms with Crippen molar-refractivity contribution in [3.63, 3.8) is 0 Å². The molecule has 0 amide bonds. The molecule has 2 aliphatic rings. The van der Waals surface area contributed by atoms with E-state index in [0.717, 1.165) is 45.3 Å². The SMILES string of the molecule is CC(O)C1CCN(CC2CCCN(S(C)(=O)=O)C2)CC1. The first kappa shape index (κ1) is 16.2. The highest BCUT2D eigenvalue weighted by molar-refractivity contribution is 7.88. The summed E-state index contributed by atoms with van der Waals surface area (Å²) in [7, 11) is -3.04. The minimum absolute atomic E-state index is 0.201. The number of rotatable bonds is 4. The summed E-state index contributed by atoms with van der Waals surface area (Å²) < 4.78 is 24.9. The minimum Gasteiger partial charge on any atom is -0.393 e. The summed E-state index contributed by atoms with van der Waals surface area (Å²) in [5.74, 6) is 0.895. The number of aliphatic hydroxyl groups is 1. The van der Waals surface area contributed by atoms with Crippen molar-refractivity contribution in [2.24, 2.45) is 11.8 Å². The zero-order chi connectivity index (χ0) is 14.8. The van der Waals surface area contributed by atoms with Crippen LogP contribution in [-0.4, -0.2) is 67.8 Å². The molecule has 5 nitrogen and oxygen atoms in total. The van der Waals surface area contributed by atoms with Crippen molar-refractivity contribution in [3.8, 4) is 0 Å². The molecule has 2 fully saturated rings. The molecule has 2 saturated heterocycles. The third-order valence-electron chi connectivity index (χ3n) is 4.78. The maximum atomic E-state index is 11.6. The van der Waals surface area contributed by atoms with Gasteiger partial charge in [-0.1, -0.05) is 0 Å². The van der Waals surface area contributed by atoms with Gasteiger partial charge in [-0.15, -0.1) is 0 Å². The first-order chi connectivity index (χ1) is 9.36. The average molecular weight is 304 g/mol. The van der Waals surface area contributed by atoms with E-state index in [4.69, 9.17) is 0 Å². The van der Waals surface area contributed by atoms with Gasteiger partial charge in [-0.2, -0.15) is 0 Å². The van der Waals surface area contributed by atoms with Crippen molar-refractivity contribution in [2.45, 2.75) is 38.7 Å². The highest BCUT2D eigenvalue weighted by Gasteiger charge is 2.29. The quantitative estimate of drug-likeness (QED) is 0.832. The predicted molar refractivity (Wildman–Crippen MR) is 80.0 cm³/mol. The first-order valence-corrected chi connectivity index (χ1v) is 9.56. The molecule has 0 spiro atoms. The van der Waals surface area contributed by atoms with Crippen LogP contribution in [0.3, 0.4) is 0 Å². The van der Waals surface area contributed by atoms with Crippen molar-refractivity contribution in [1.82, 2.24) is 9.21 Å². The Balaban J connectivity index is 1.79. The number of hydrogen-bond acceptors (Lipinski definition) is 4. The molecule has 2 unspecified atom stereocenters. The lowest BCUT2D eigenvalue weighted by atomic mass is 9.91. The van der Waals surface area contributed by atoms with Crippen LogP contribution in [0.4, 0.5) is 0 Å². The zero-order valence-corrected chi connectivity index (χ0v) is 13.5. The zero-order valence-electron chi connectivity index (χ0n) is 12.7. The van der Waals surface area contributed by atoms with Crippen molar-refractivity contribution in [1.29, 1.82) is 0 Å². The molecule has 1 N–H and O–H groups in total. The van der Waals surface area contributed by atoms with E-state index in [-0.39, 0.29) is 6.10 Å². The van der Waals surface area contributed by atoms with Gasteiger partial charge in [0.15, 0.2) is 0 Å². The summed E-state index contributed by atoms with van der Waals surface area (Å²) in [5.41, 5.74) is 0. The van der Waals surface area contributed by atoms with E-state index in [9.17, 15) is 13.5 Å². The molecule has 0 aliphatic carbocycles. The largest absolute Gasteiger partial charge is 0.393 e. The van der Waals surface area contributed by atoms with Crippen LogP contribution in [0.2, 0.25) is 0 Å². The van der Waals surface area contributed by atoms with Gasteiger partial charge in [0.25, 0.3) is 0 Å². The summed E-state index contributed by atoms with van der Waals surface area (Å²) in [4.78, 5) is 2.44. The summed E-state index contributed by atoms with van der Waals surface area (Å²) in [6.45, 7) is 6.30. The molecular formula is C14H28N2O3S. The molecule has 0 aromatic heterocycles. The van der Waals surface area contributed by atoms with Crippen LogP contribution in [0.25, 0.3) is 0 Å². The van der Waals surface area contributed by atoms with Gasteiger partial charge in [-0.05, 0) is 57.5 Å². The van der Waals surface area contributed by atoms with Crippen LogP contribution in [0.15, 0.2) is 0 Å². The van der Waals surface area contributed by atoms with Gasteiger partial charge >= 0.3 is 0 Å². The lowest BCUT2D eigenvalue weighted by molar-refractivity contribution is 0.0623. The number of hydrogen-bond donors (Lipinski definition) is 1. The van der Waals surface area contributed by atoms with Crippen LogP contribution in [0.5, 0.6) is 0 Å². The van der Waals surface area contributed by atoms with Crippen LogP contribution >= 0.6 is 0 Å². The molecule has 2 aliphatic heterocycles. The number of nitrogens with zero attached hydrogens (tertiary/aromatic N) is 2. The van der Waals surface area contributed by atoms with Gasteiger partial charge in [0.2, 0.25) is 10.0 Å². The molecule has 0 radical (unpaired) electrons. The molecule has 0 aromatic rings. The van der Waals surface area contributed by atoms with Crippen molar-refractivity contribution >= 4 is 10.0 Å². The Kier molecular flexibility index (Phi) is 5.45. The molecule has 2 atom stereocenters. The van der Waals surface area contributed by atoms with E-state index < -0.39 is 10.0 Å². The molecule has 118 valence electrons. The van der Waals surface area contributed by atoms with Gasteiger partial charge in [0.1, 0.15) is 0 Å². The summed E-state index contributed by atoms with van der Waals surface area (Å²) in [5, 5.41) is 9.62. The first-order valence-electron chi connectivity index (χ1n) is 7.72. The molecular weight excluding hydrogens is 276 g/mol. The second-order valence-electron chi connectivity index (χ2n) is 6.51. The Morgan fingerprint density at radius 3 is 2.40 bits per heavy atom. The summed E-state index contributed by atoms with van der Waals surface area (Å²) in [6.07, 6.45) is 5.32. The van der Waals surface area contributed by atoms with Gasteiger partial charge in [-0.25, -0.2) is 12.7 Å². The topological polar surface area (TPSA) is 60.9 Å². The molecule has 0 aromatic carbocycles. The van der Waals surface area contributed by atoms with E-state index >= 15 is 0 Å². The van der Waals surface area contributed by atoms with Crippen LogP contribution in [0, 0.1) is 11.8 Å². The molecule has 0 bridgehead atoms. The monoisotopic (exact) mass is 304 g/mol. The van der Waals surface area contributed by atoms with E-state index in [0.29, 0.717) is 24.9 Å². The molecule has 2 rings (SSSR count). The smallest absolute Gasteiger partial charge is 0.211 e. The Morgan fingerprint density at radius 2 is 1.85 bits per heavy atom. The lowest BCUT2D eigenvalue weighted by Gasteiger charge is -2.38. The fourth-order valence-electron chi connectivity index (χ4n) is 3.46. The Hall–Kier alpha value is -0.170. The highest BCUT2D eigenvalue weighted by Crippen LogP contribution is 2.24. The Bertz CT molecular complexity index is 403. The number of sulfonamides is 1. The van der Waals surface area contributed by atoms with E-state index in [2.05, 4.69) is 4.90 Å². The van der Waals surface area contributed by atoms with Crippen molar-refractivity contribution in [2.75, 3.05) is 39.0 Å². The lowest BCUT2D eigenvalue weighted by Crippen LogP contribution is -2.45. The summed E-state index contributed by atoms with van der Waals surface area (Å²) in [6, 6.07) is 0. The van der Waals surface area contributed by atoms with Gasteiger partial charge in [0.05, 0.1) is 12.4 Å². The standard InChI is InChI=1S/C14H28N2O3S/c1-12(17)14-5-8-15(9-6-14)10-13-4-3-7-16(11-13)20(2,18)19/h12-14,17H,3-11H2,1-2H3. The van der Waals surface area contributed by atoms with Crippen LogP contribution in [-0.2, 0) is 10.0 Å². The molecule has 2 heterocycles. The Morgan fingerprint density at radius 1 is 1.20 bits per heavy atom. The normalized spacial score (nSPS) is 29.4. The highest BCUT2D eigenvalue weighted by atomic mass is 32.2. The van der Waals surface area contributed by atoms with Crippen LogP contribution in [0.1, 0.15) is 32.6 Å². The van der Waals surface area contributed by atoms with E-state index in [1.165, 1.54) is 6.26 Å². The van der Waals surface area contributed by atoms with Crippen molar-refractivity contribution < 1.29 is 13.5 Å². The van der Waals surface area contributed by atoms with Crippen molar-refractivity contribution in [3.05, 3.63) is 0 Å². The third-order valence-corrected chi connectivity index (χ3v) is 6.05. The number of piperidine rings is 2. The second-order valence-corrected chi connectivity index (χ2v) is 8.49. The summed E-state index contributed by atoms with van der Waals surface area (Å²) >= 11 is 0. The minimum atomic E-state index is -3.04. The number of aliphatic hydroxyl groups excluding tert-OH is 1. The fraction of sp³-hybridized carbons (Fsp3) is 1.00. The fourth-order valence-corrected chi connectivity index (χ4v) is 4.40. The average Bonchev–Trinajstić information content (AvgIpc) is 2.38. The van der Waals surface area contributed by atoms with Crippen LogP contribution < -0.4 is 0 Å². The predicted octanol–water partition coefficient (Wildman–Crippen LogP) is 0.751. The third kappa shape index (κ3) is 4.41. The molecule has 0 saturated carbocycles. The maximum absolute atomic E-state index is 11.6. The molecule has 20 heavy (non-hydrogen) atoms. The number of likely N-dealkylation sites (tertiary alicyclic amines) is 1. The van der Waals surface area contributed by atoms with Gasteiger partial charge < -0.3 is 10.0 Å². The van der Waals surface area contributed by atoms with E-state index in [1.807, 2.05) is 6.92 Å². The van der Waals surface area contributed by atoms with E-state index in [1.54, 1.807) is 4.31 Å². The Labute approximate surface area is 123 Å². The maximum Gasteiger partial charge on any atom is 0.211 e. The van der Waals surface area contributed by atoms with Gasteiger partial charge in [0, 0.05) is 19.6 Å². The molecule has 6 heteroatoms. The second kappa shape index (κ2) is 6.73.